The number of aliphatic imine (C=N–C) groups is 1. The van der Waals surface area contributed by atoms with Crippen LogP contribution in [-0.4, -0.2) is 24.6 Å². The highest BCUT2D eigenvalue weighted by atomic mass is 127. The van der Waals surface area contributed by atoms with Gasteiger partial charge in [-0.05, 0) is 32.4 Å². The molecular formula is C14H22IN3O2. The third-order valence-electron chi connectivity index (χ3n) is 2.23. The molecule has 1 aromatic rings. The van der Waals surface area contributed by atoms with E-state index in [4.69, 9.17) is 10.5 Å². The van der Waals surface area contributed by atoms with Crippen LogP contribution in [0.15, 0.2) is 35.3 Å². The number of nitrogens with two attached hydrogens (primary N) is 1. The van der Waals surface area contributed by atoms with Crippen LogP contribution in [0.1, 0.15) is 26.7 Å². The third kappa shape index (κ3) is 8.73. The van der Waals surface area contributed by atoms with Gasteiger partial charge in [0.15, 0.2) is 5.96 Å². The minimum absolute atomic E-state index is 0. The van der Waals surface area contributed by atoms with E-state index in [9.17, 15) is 4.79 Å². The van der Waals surface area contributed by atoms with Gasteiger partial charge in [0.25, 0.3) is 0 Å². The fourth-order valence-corrected chi connectivity index (χ4v) is 1.45. The Morgan fingerprint density at radius 2 is 2.00 bits per heavy atom. The summed E-state index contributed by atoms with van der Waals surface area (Å²) < 4.78 is 5.02. The van der Waals surface area contributed by atoms with Crippen LogP contribution in [-0.2, 0) is 9.53 Å². The zero-order valence-electron chi connectivity index (χ0n) is 11.8. The summed E-state index contributed by atoms with van der Waals surface area (Å²) in [6.07, 6.45) is 0.920. The Morgan fingerprint density at radius 1 is 1.35 bits per heavy atom. The van der Waals surface area contributed by atoms with Crippen LogP contribution in [0.2, 0.25) is 0 Å². The summed E-state index contributed by atoms with van der Waals surface area (Å²) >= 11 is 0. The first-order valence-electron chi connectivity index (χ1n) is 6.39. The molecule has 0 atom stereocenters. The van der Waals surface area contributed by atoms with E-state index in [0.717, 1.165) is 5.69 Å². The van der Waals surface area contributed by atoms with Crippen molar-refractivity contribution in [3.63, 3.8) is 0 Å². The second kappa shape index (κ2) is 10.5. The molecule has 0 fully saturated rings. The first-order chi connectivity index (χ1) is 9.08. The number of benzene rings is 1. The van der Waals surface area contributed by atoms with Gasteiger partial charge < -0.3 is 15.8 Å². The maximum atomic E-state index is 11.3. The molecule has 0 bridgehead atoms. The zero-order chi connectivity index (χ0) is 14.1. The van der Waals surface area contributed by atoms with Crippen LogP contribution >= 0.6 is 24.0 Å². The number of carbonyl (C=O) groups is 1. The molecule has 0 amide bonds. The molecule has 0 spiro atoms. The van der Waals surface area contributed by atoms with Gasteiger partial charge >= 0.3 is 5.97 Å². The summed E-state index contributed by atoms with van der Waals surface area (Å²) in [5.74, 6) is 0.156. The van der Waals surface area contributed by atoms with Crippen LogP contribution in [0.3, 0.4) is 0 Å². The molecule has 0 aliphatic heterocycles. The molecule has 0 saturated carbocycles. The Hall–Kier alpha value is -1.31. The largest absolute Gasteiger partial charge is 0.463 e. The van der Waals surface area contributed by atoms with Gasteiger partial charge in [0.05, 0.1) is 6.10 Å². The van der Waals surface area contributed by atoms with Crippen molar-refractivity contribution in [1.29, 1.82) is 0 Å². The third-order valence-corrected chi connectivity index (χ3v) is 2.23. The van der Waals surface area contributed by atoms with Crippen molar-refractivity contribution in [2.45, 2.75) is 32.8 Å². The number of halogens is 1. The number of nitrogens with zero attached hydrogens (tertiary/aromatic N) is 1. The number of rotatable bonds is 6. The van der Waals surface area contributed by atoms with Crippen molar-refractivity contribution >= 4 is 41.6 Å². The molecule has 3 N–H and O–H groups in total. The molecule has 1 aromatic carbocycles. The number of para-hydroxylation sites is 1. The Labute approximate surface area is 137 Å². The second-order valence-electron chi connectivity index (χ2n) is 4.40. The molecule has 0 heterocycles. The highest BCUT2D eigenvalue weighted by Gasteiger charge is 2.04. The van der Waals surface area contributed by atoms with Gasteiger partial charge in [-0.25, -0.2) is 0 Å². The van der Waals surface area contributed by atoms with Crippen molar-refractivity contribution in [2.24, 2.45) is 10.7 Å². The highest BCUT2D eigenvalue weighted by molar-refractivity contribution is 14.0. The van der Waals surface area contributed by atoms with Gasteiger partial charge in [-0.1, -0.05) is 18.2 Å². The van der Waals surface area contributed by atoms with Gasteiger partial charge in [0.2, 0.25) is 0 Å². The van der Waals surface area contributed by atoms with Crippen LogP contribution in [0.5, 0.6) is 0 Å². The topological polar surface area (TPSA) is 76.7 Å². The molecule has 0 aliphatic rings. The van der Waals surface area contributed by atoms with E-state index in [0.29, 0.717) is 25.3 Å². The lowest BCUT2D eigenvalue weighted by Gasteiger charge is -2.07. The van der Waals surface area contributed by atoms with Crippen molar-refractivity contribution in [3.8, 4) is 0 Å². The molecule has 0 unspecified atom stereocenters. The summed E-state index contributed by atoms with van der Waals surface area (Å²) in [6, 6.07) is 9.57. The summed E-state index contributed by atoms with van der Waals surface area (Å²) in [4.78, 5) is 15.4. The minimum atomic E-state index is -0.195. The van der Waals surface area contributed by atoms with E-state index >= 15 is 0 Å². The maximum Gasteiger partial charge on any atom is 0.306 e. The van der Waals surface area contributed by atoms with Crippen LogP contribution in [0, 0.1) is 0 Å². The van der Waals surface area contributed by atoms with E-state index in [1.807, 2.05) is 44.2 Å². The lowest BCUT2D eigenvalue weighted by molar-refractivity contribution is -0.147. The van der Waals surface area contributed by atoms with E-state index in [-0.39, 0.29) is 36.0 Å². The predicted molar refractivity (Wildman–Crippen MR) is 92.4 cm³/mol. The zero-order valence-corrected chi connectivity index (χ0v) is 14.2. The van der Waals surface area contributed by atoms with Crippen molar-refractivity contribution in [1.82, 2.24) is 0 Å². The standard InChI is InChI=1S/C14H21N3O2.HI/c1-11(2)19-13(18)9-6-10-16-14(15)17-12-7-4-3-5-8-12;/h3-5,7-8,11H,6,9-10H2,1-2H3,(H3,15,16,17);1H. The molecule has 20 heavy (non-hydrogen) atoms. The van der Waals surface area contributed by atoms with Gasteiger partial charge in [-0.3, -0.25) is 9.79 Å². The molecule has 0 radical (unpaired) electrons. The van der Waals surface area contributed by atoms with E-state index in [1.54, 1.807) is 0 Å². The van der Waals surface area contributed by atoms with Crippen LogP contribution in [0.25, 0.3) is 0 Å². The number of anilines is 1. The lowest BCUT2D eigenvalue weighted by atomic mass is 10.3. The number of ether oxygens (including phenoxy) is 1. The first-order valence-corrected chi connectivity index (χ1v) is 6.39. The van der Waals surface area contributed by atoms with Gasteiger partial charge in [0.1, 0.15) is 0 Å². The van der Waals surface area contributed by atoms with Gasteiger partial charge in [-0.15, -0.1) is 24.0 Å². The number of carbonyl (C=O) groups excluding carboxylic acids is 1. The van der Waals surface area contributed by atoms with Gasteiger partial charge in [-0.2, -0.15) is 0 Å². The monoisotopic (exact) mass is 391 g/mol. The highest BCUT2D eigenvalue weighted by Crippen LogP contribution is 2.04. The van der Waals surface area contributed by atoms with Crippen molar-refractivity contribution < 1.29 is 9.53 Å². The molecule has 0 saturated heterocycles. The number of nitrogens with one attached hydrogen (secondary N) is 1. The lowest BCUT2D eigenvalue weighted by Crippen LogP contribution is -2.22. The molecule has 6 heteroatoms. The Balaban J connectivity index is 0.00000361. The average molecular weight is 391 g/mol. The molecular weight excluding hydrogens is 369 g/mol. The number of guanidine groups is 1. The SMILES string of the molecule is CC(C)OC(=O)CCCN=C(N)Nc1ccccc1.I. The number of esters is 1. The van der Waals surface area contributed by atoms with E-state index in [1.165, 1.54) is 0 Å². The molecule has 0 aromatic heterocycles. The smallest absolute Gasteiger partial charge is 0.306 e. The first kappa shape index (κ1) is 18.7. The van der Waals surface area contributed by atoms with Gasteiger partial charge in [0, 0.05) is 18.7 Å². The number of hydrogen-bond acceptors (Lipinski definition) is 3. The Kier molecular flexibility index (Phi) is 9.79. The number of hydrogen-bond donors (Lipinski definition) is 2. The molecule has 5 nitrogen and oxygen atoms in total. The summed E-state index contributed by atoms with van der Waals surface area (Å²) in [6.45, 7) is 4.16. The minimum Gasteiger partial charge on any atom is -0.463 e. The summed E-state index contributed by atoms with van der Waals surface area (Å²) in [7, 11) is 0. The molecule has 1 rings (SSSR count). The fourth-order valence-electron chi connectivity index (χ4n) is 1.45. The van der Waals surface area contributed by atoms with E-state index < -0.39 is 0 Å². The van der Waals surface area contributed by atoms with Crippen LogP contribution < -0.4 is 11.1 Å². The fraction of sp³-hybridized carbons (Fsp3) is 0.429. The Bertz CT molecular complexity index is 422. The normalized spacial score (nSPS) is 10.8. The average Bonchev–Trinajstić information content (AvgIpc) is 2.35. The van der Waals surface area contributed by atoms with E-state index in [2.05, 4.69) is 10.3 Å². The summed E-state index contributed by atoms with van der Waals surface area (Å²) in [5, 5.41) is 2.97. The Morgan fingerprint density at radius 3 is 2.60 bits per heavy atom. The molecule has 112 valence electrons. The quantitative estimate of drug-likeness (QED) is 0.257. The predicted octanol–water partition coefficient (Wildman–Crippen LogP) is 2.76. The van der Waals surface area contributed by atoms with Crippen molar-refractivity contribution in [3.05, 3.63) is 30.3 Å². The van der Waals surface area contributed by atoms with Crippen molar-refractivity contribution in [2.75, 3.05) is 11.9 Å². The van der Waals surface area contributed by atoms with Crippen LogP contribution in [0.4, 0.5) is 5.69 Å². The maximum absolute atomic E-state index is 11.3. The molecule has 0 aliphatic carbocycles. The second-order valence-corrected chi connectivity index (χ2v) is 4.40. The summed E-state index contributed by atoms with van der Waals surface area (Å²) in [5.41, 5.74) is 6.62.